The van der Waals surface area contributed by atoms with E-state index in [1.165, 1.54) is 0 Å². The maximum Gasteiger partial charge on any atom is 0.222 e. The predicted molar refractivity (Wildman–Crippen MR) is 73.5 cm³/mol. The Kier molecular flexibility index (Phi) is 3.57. The van der Waals surface area contributed by atoms with E-state index in [4.69, 9.17) is 5.73 Å². The molecule has 4 nitrogen and oxygen atoms in total. The van der Waals surface area contributed by atoms with Crippen molar-refractivity contribution in [1.29, 1.82) is 0 Å². The predicted octanol–water partition coefficient (Wildman–Crippen LogP) is 1.37. The fourth-order valence-corrected chi connectivity index (χ4v) is 2.51. The summed E-state index contributed by atoms with van der Waals surface area (Å²) in [5, 5.41) is 0. The average Bonchev–Trinajstić information content (AvgIpc) is 2.35. The van der Waals surface area contributed by atoms with Crippen LogP contribution in [0.15, 0.2) is 24.3 Å². The normalized spacial score (nSPS) is 24.2. The Labute approximate surface area is 108 Å². The van der Waals surface area contributed by atoms with Crippen molar-refractivity contribution in [2.24, 2.45) is 5.73 Å². The zero-order valence-electron chi connectivity index (χ0n) is 11.3. The number of amides is 1. The molecule has 0 bridgehead atoms. The summed E-state index contributed by atoms with van der Waals surface area (Å²) in [6.07, 6.45) is 1.33. The van der Waals surface area contributed by atoms with Gasteiger partial charge in [-0.2, -0.15) is 0 Å². The molecule has 0 aliphatic carbocycles. The van der Waals surface area contributed by atoms with Gasteiger partial charge in [-0.25, -0.2) is 0 Å². The molecule has 4 heteroatoms. The molecule has 1 aromatic carbocycles. The molecule has 1 aliphatic heterocycles. The standard InChI is InChI=1S/C14H21N3O/c1-16(2)11-6-4-10(5-7-11)14-12(15)8-9-13(18)17(14)3/h4-7,12,14H,8-9,15H2,1-3H3. The van der Waals surface area contributed by atoms with E-state index in [0.717, 1.165) is 17.7 Å². The van der Waals surface area contributed by atoms with Gasteiger partial charge in [-0.1, -0.05) is 12.1 Å². The Bertz CT molecular complexity index is 427. The topological polar surface area (TPSA) is 49.6 Å². The van der Waals surface area contributed by atoms with E-state index in [1.54, 1.807) is 4.90 Å². The van der Waals surface area contributed by atoms with Gasteiger partial charge < -0.3 is 15.5 Å². The van der Waals surface area contributed by atoms with Crippen LogP contribution in [-0.2, 0) is 4.79 Å². The molecule has 0 saturated carbocycles. The number of nitrogens with two attached hydrogens (primary N) is 1. The van der Waals surface area contributed by atoms with E-state index in [9.17, 15) is 4.79 Å². The lowest BCUT2D eigenvalue weighted by atomic mass is 9.91. The van der Waals surface area contributed by atoms with Crippen LogP contribution in [0.1, 0.15) is 24.4 Å². The maximum absolute atomic E-state index is 11.8. The van der Waals surface area contributed by atoms with Gasteiger partial charge in [-0.3, -0.25) is 4.79 Å². The lowest BCUT2D eigenvalue weighted by Gasteiger charge is -2.37. The summed E-state index contributed by atoms with van der Waals surface area (Å²) in [5.41, 5.74) is 8.42. The van der Waals surface area contributed by atoms with Crippen molar-refractivity contribution in [3.05, 3.63) is 29.8 Å². The Morgan fingerprint density at radius 2 is 1.89 bits per heavy atom. The smallest absolute Gasteiger partial charge is 0.222 e. The van der Waals surface area contributed by atoms with E-state index in [0.29, 0.717) is 6.42 Å². The molecule has 1 fully saturated rings. The minimum atomic E-state index is 0.00228. The fourth-order valence-electron chi connectivity index (χ4n) is 2.51. The van der Waals surface area contributed by atoms with Crippen LogP contribution in [0, 0.1) is 0 Å². The maximum atomic E-state index is 11.8. The molecule has 1 amide bonds. The molecule has 1 saturated heterocycles. The molecule has 1 heterocycles. The van der Waals surface area contributed by atoms with Crippen molar-refractivity contribution in [1.82, 2.24) is 4.90 Å². The van der Waals surface area contributed by atoms with Gasteiger partial charge in [0.2, 0.25) is 5.91 Å². The number of hydrogen-bond donors (Lipinski definition) is 1. The number of carbonyl (C=O) groups excluding carboxylic acids is 1. The molecule has 0 aromatic heterocycles. The third-order valence-electron chi connectivity index (χ3n) is 3.66. The highest BCUT2D eigenvalue weighted by molar-refractivity contribution is 5.77. The van der Waals surface area contributed by atoms with Crippen LogP contribution in [-0.4, -0.2) is 38.0 Å². The van der Waals surface area contributed by atoms with Gasteiger partial charge in [-0.05, 0) is 24.1 Å². The summed E-state index contributed by atoms with van der Waals surface area (Å²) in [7, 11) is 5.86. The van der Waals surface area contributed by atoms with E-state index in [1.807, 2.05) is 21.1 Å². The first-order chi connectivity index (χ1) is 8.50. The van der Waals surface area contributed by atoms with Crippen molar-refractivity contribution in [3.63, 3.8) is 0 Å². The van der Waals surface area contributed by atoms with Crippen LogP contribution in [0.25, 0.3) is 0 Å². The van der Waals surface area contributed by atoms with Crippen molar-refractivity contribution in [2.45, 2.75) is 24.9 Å². The van der Waals surface area contributed by atoms with Crippen molar-refractivity contribution >= 4 is 11.6 Å². The van der Waals surface area contributed by atoms with Crippen molar-refractivity contribution in [2.75, 3.05) is 26.0 Å². The van der Waals surface area contributed by atoms with Crippen molar-refractivity contribution < 1.29 is 4.79 Å². The van der Waals surface area contributed by atoms with Gasteiger partial charge in [0.25, 0.3) is 0 Å². The molecule has 18 heavy (non-hydrogen) atoms. The van der Waals surface area contributed by atoms with E-state index in [2.05, 4.69) is 29.2 Å². The second-order valence-electron chi connectivity index (χ2n) is 5.14. The summed E-state index contributed by atoms with van der Waals surface area (Å²) in [4.78, 5) is 15.6. The van der Waals surface area contributed by atoms with Gasteiger partial charge in [0.1, 0.15) is 0 Å². The summed E-state index contributed by atoms with van der Waals surface area (Å²) in [6, 6.07) is 8.29. The second-order valence-corrected chi connectivity index (χ2v) is 5.14. The summed E-state index contributed by atoms with van der Waals surface area (Å²) >= 11 is 0. The highest BCUT2D eigenvalue weighted by Crippen LogP contribution is 2.30. The van der Waals surface area contributed by atoms with Gasteiger partial charge in [0.05, 0.1) is 6.04 Å². The molecule has 2 unspecified atom stereocenters. The Morgan fingerprint density at radius 3 is 2.44 bits per heavy atom. The van der Waals surface area contributed by atoms with Crippen LogP contribution < -0.4 is 10.6 Å². The van der Waals surface area contributed by atoms with E-state index >= 15 is 0 Å². The van der Waals surface area contributed by atoms with E-state index in [-0.39, 0.29) is 18.0 Å². The number of benzene rings is 1. The van der Waals surface area contributed by atoms with Crippen molar-refractivity contribution in [3.8, 4) is 0 Å². The SMILES string of the molecule is CN(C)c1ccc(C2C(N)CCC(=O)N2C)cc1. The third-order valence-corrected chi connectivity index (χ3v) is 3.66. The molecule has 0 spiro atoms. The summed E-state index contributed by atoms with van der Waals surface area (Å²) in [5.74, 6) is 0.179. The molecule has 2 atom stereocenters. The zero-order valence-corrected chi connectivity index (χ0v) is 11.3. The fraction of sp³-hybridized carbons (Fsp3) is 0.500. The molecule has 0 radical (unpaired) electrons. The van der Waals surface area contributed by atoms with E-state index < -0.39 is 0 Å². The largest absolute Gasteiger partial charge is 0.378 e. The van der Waals surface area contributed by atoms with Crippen LogP contribution in [0.5, 0.6) is 0 Å². The van der Waals surface area contributed by atoms with Gasteiger partial charge in [0, 0.05) is 39.3 Å². The lowest BCUT2D eigenvalue weighted by Crippen LogP contribution is -2.46. The number of anilines is 1. The Balaban J connectivity index is 2.26. The number of rotatable bonds is 2. The first-order valence-electron chi connectivity index (χ1n) is 6.29. The minimum absolute atomic E-state index is 0.00228. The number of likely N-dealkylation sites (N-methyl/N-ethyl adjacent to an activating group) is 1. The number of nitrogens with zero attached hydrogens (tertiary/aromatic N) is 2. The number of carbonyl (C=O) groups is 1. The molecule has 98 valence electrons. The first-order valence-corrected chi connectivity index (χ1v) is 6.29. The van der Waals surface area contributed by atoms with Gasteiger partial charge in [-0.15, -0.1) is 0 Å². The van der Waals surface area contributed by atoms with Crippen LogP contribution in [0.4, 0.5) is 5.69 Å². The average molecular weight is 247 g/mol. The van der Waals surface area contributed by atoms with Crippen LogP contribution >= 0.6 is 0 Å². The molecule has 2 N–H and O–H groups in total. The van der Waals surface area contributed by atoms with Crippen LogP contribution in [0.2, 0.25) is 0 Å². The van der Waals surface area contributed by atoms with Gasteiger partial charge in [0.15, 0.2) is 0 Å². The monoisotopic (exact) mass is 247 g/mol. The molecular weight excluding hydrogens is 226 g/mol. The second kappa shape index (κ2) is 4.98. The Hall–Kier alpha value is -1.55. The number of piperidine rings is 1. The third kappa shape index (κ3) is 2.34. The minimum Gasteiger partial charge on any atom is -0.378 e. The summed E-state index contributed by atoms with van der Waals surface area (Å²) in [6.45, 7) is 0. The highest BCUT2D eigenvalue weighted by Gasteiger charge is 2.32. The first kappa shape index (κ1) is 12.9. The molecule has 1 aliphatic rings. The number of hydrogen-bond acceptors (Lipinski definition) is 3. The molecular formula is C14H21N3O. The Morgan fingerprint density at radius 1 is 1.28 bits per heavy atom. The molecule has 1 aromatic rings. The van der Waals surface area contributed by atoms with Gasteiger partial charge >= 0.3 is 0 Å². The quantitative estimate of drug-likeness (QED) is 0.859. The zero-order chi connectivity index (χ0) is 13.3. The molecule has 2 rings (SSSR count). The lowest BCUT2D eigenvalue weighted by molar-refractivity contribution is -0.135. The van der Waals surface area contributed by atoms with Crippen LogP contribution in [0.3, 0.4) is 0 Å². The number of likely N-dealkylation sites (tertiary alicyclic amines) is 1. The highest BCUT2D eigenvalue weighted by atomic mass is 16.2. The summed E-state index contributed by atoms with van der Waals surface area (Å²) < 4.78 is 0.